The molecule has 0 saturated carbocycles. The van der Waals surface area contributed by atoms with Crippen molar-refractivity contribution in [1.29, 1.82) is 0 Å². The Morgan fingerprint density at radius 1 is 1.29 bits per heavy atom. The lowest BCUT2D eigenvalue weighted by Crippen LogP contribution is -2.29. The minimum absolute atomic E-state index is 0.0530. The van der Waals surface area contributed by atoms with Crippen molar-refractivity contribution in [1.82, 2.24) is 14.9 Å². The second-order valence-electron chi connectivity index (χ2n) is 5.64. The van der Waals surface area contributed by atoms with Crippen molar-refractivity contribution in [2.75, 3.05) is 6.54 Å². The number of thiophene rings is 1. The highest BCUT2D eigenvalue weighted by Crippen LogP contribution is 2.11. The molecule has 0 spiro atoms. The van der Waals surface area contributed by atoms with Crippen LogP contribution in [-0.2, 0) is 17.8 Å². The fourth-order valence-electron chi connectivity index (χ4n) is 2.59. The summed E-state index contributed by atoms with van der Waals surface area (Å²) in [5.41, 5.74) is 1.59. The van der Waals surface area contributed by atoms with Crippen LogP contribution in [0.3, 0.4) is 0 Å². The molecule has 1 aromatic carbocycles. The van der Waals surface area contributed by atoms with Crippen LogP contribution in [0.2, 0.25) is 0 Å². The van der Waals surface area contributed by atoms with Crippen molar-refractivity contribution in [2.45, 2.75) is 26.3 Å². The van der Waals surface area contributed by atoms with Gasteiger partial charge in [-0.05, 0) is 36.4 Å². The molecular formula is C18H19N3O2S. The smallest absolute Gasteiger partial charge is 0.261 e. The molecule has 0 radical (unpaired) electrons. The third-order valence-electron chi connectivity index (χ3n) is 3.91. The summed E-state index contributed by atoms with van der Waals surface area (Å²) in [5.74, 6) is -0.0530. The molecule has 0 unspecified atom stereocenters. The quantitative estimate of drug-likeness (QED) is 0.749. The van der Waals surface area contributed by atoms with Crippen LogP contribution >= 0.6 is 11.3 Å². The maximum atomic E-state index is 12.5. The number of nitrogens with one attached hydrogen (secondary N) is 1. The summed E-state index contributed by atoms with van der Waals surface area (Å²) in [4.78, 5) is 30.0. The number of hydrogen-bond donors (Lipinski definition) is 1. The molecule has 0 fully saturated rings. The van der Waals surface area contributed by atoms with Gasteiger partial charge in [0.1, 0.15) is 0 Å². The summed E-state index contributed by atoms with van der Waals surface area (Å²) < 4.78 is 1.50. The molecule has 0 aliphatic heterocycles. The molecule has 3 aromatic rings. The van der Waals surface area contributed by atoms with Gasteiger partial charge in [0.2, 0.25) is 5.91 Å². The van der Waals surface area contributed by atoms with E-state index in [1.54, 1.807) is 17.4 Å². The van der Waals surface area contributed by atoms with Gasteiger partial charge in [0.15, 0.2) is 0 Å². The number of carbonyl (C=O) groups excluding carboxylic acids is 1. The maximum Gasteiger partial charge on any atom is 0.261 e. The van der Waals surface area contributed by atoms with E-state index in [0.29, 0.717) is 18.5 Å². The van der Waals surface area contributed by atoms with Crippen LogP contribution in [-0.4, -0.2) is 22.0 Å². The third-order valence-corrected chi connectivity index (χ3v) is 4.84. The van der Waals surface area contributed by atoms with Crippen molar-refractivity contribution in [3.63, 3.8) is 0 Å². The molecule has 5 nitrogen and oxygen atoms in total. The Labute approximate surface area is 144 Å². The first-order chi connectivity index (χ1) is 11.6. The average Bonchev–Trinajstić information content (AvgIpc) is 3.08. The van der Waals surface area contributed by atoms with Gasteiger partial charge in [-0.15, -0.1) is 11.3 Å². The molecule has 0 bridgehead atoms. The third kappa shape index (κ3) is 3.71. The lowest BCUT2D eigenvalue weighted by molar-refractivity contribution is -0.121. The van der Waals surface area contributed by atoms with Gasteiger partial charge in [0, 0.05) is 24.4 Å². The van der Waals surface area contributed by atoms with Gasteiger partial charge in [0.25, 0.3) is 5.56 Å². The normalized spacial score (nSPS) is 10.9. The van der Waals surface area contributed by atoms with E-state index in [4.69, 9.17) is 0 Å². The van der Waals surface area contributed by atoms with Crippen LogP contribution in [0.4, 0.5) is 0 Å². The summed E-state index contributed by atoms with van der Waals surface area (Å²) >= 11 is 1.68. The second-order valence-corrected chi connectivity index (χ2v) is 6.68. The summed E-state index contributed by atoms with van der Waals surface area (Å²) in [6, 6.07) is 9.61. The van der Waals surface area contributed by atoms with Gasteiger partial charge in [-0.1, -0.05) is 18.2 Å². The number of rotatable bonds is 6. The first kappa shape index (κ1) is 16.4. The van der Waals surface area contributed by atoms with Crippen LogP contribution in [0.15, 0.2) is 46.8 Å². The van der Waals surface area contributed by atoms with E-state index in [-0.39, 0.29) is 17.9 Å². The number of aromatic nitrogens is 2. The molecule has 0 aliphatic carbocycles. The minimum atomic E-state index is -0.102. The van der Waals surface area contributed by atoms with E-state index in [1.807, 2.05) is 30.5 Å². The van der Waals surface area contributed by atoms with Crippen molar-refractivity contribution in [3.8, 4) is 0 Å². The minimum Gasteiger partial charge on any atom is -0.356 e. The number of nitrogens with zero attached hydrogens (tertiary/aromatic N) is 2. The molecule has 2 heterocycles. The van der Waals surface area contributed by atoms with Gasteiger partial charge < -0.3 is 5.32 Å². The van der Waals surface area contributed by atoms with E-state index in [2.05, 4.69) is 16.4 Å². The van der Waals surface area contributed by atoms with Crippen molar-refractivity contribution >= 4 is 28.1 Å². The zero-order valence-corrected chi connectivity index (χ0v) is 14.3. The average molecular weight is 341 g/mol. The summed E-state index contributed by atoms with van der Waals surface area (Å²) in [6.45, 7) is 2.88. The lowest BCUT2D eigenvalue weighted by atomic mass is 10.1. The van der Waals surface area contributed by atoms with Crippen molar-refractivity contribution < 1.29 is 4.79 Å². The fourth-order valence-corrected chi connectivity index (χ4v) is 3.30. The maximum absolute atomic E-state index is 12.5. The van der Waals surface area contributed by atoms with E-state index in [9.17, 15) is 9.59 Å². The monoisotopic (exact) mass is 341 g/mol. The first-order valence-corrected chi connectivity index (χ1v) is 8.77. The molecule has 0 aliphatic rings. The Morgan fingerprint density at radius 2 is 2.17 bits per heavy atom. The van der Waals surface area contributed by atoms with E-state index < -0.39 is 0 Å². The van der Waals surface area contributed by atoms with Crippen LogP contribution in [0, 0.1) is 6.92 Å². The van der Waals surface area contributed by atoms with Crippen molar-refractivity contribution in [3.05, 3.63) is 62.8 Å². The largest absolute Gasteiger partial charge is 0.356 e. The fraction of sp³-hybridized carbons (Fsp3) is 0.278. The van der Waals surface area contributed by atoms with E-state index >= 15 is 0 Å². The Bertz CT molecular complexity index is 900. The predicted molar refractivity (Wildman–Crippen MR) is 96.4 cm³/mol. The number of fused-ring (bicyclic) bond motifs is 1. The Balaban J connectivity index is 1.58. The predicted octanol–water partition coefficient (Wildman–Crippen LogP) is 2.52. The molecule has 0 atom stereocenters. The standard InChI is InChI=1S/C18H19N3O2S/c1-13-4-2-6-15-17(13)20-12-21(18(15)23)10-8-16(22)19-9-7-14-5-3-11-24-14/h2-6,11-12H,7-10H2,1H3,(H,19,22). The Hall–Kier alpha value is -2.47. The summed E-state index contributed by atoms with van der Waals surface area (Å²) in [6.07, 6.45) is 2.63. The van der Waals surface area contributed by atoms with Crippen LogP contribution in [0.5, 0.6) is 0 Å². The van der Waals surface area contributed by atoms with Gasteiger partial charge in [0.05, 0.1) is 17.2 Å². The van der Waals surface area contributed by atoms with Crippen LogP contribution in [0.25, 0.3) is 10.9 Å². The first-order valence-electron chi connectivity index (χ1n) is 7.89. The van der Waals surface area contributed by atoms with Crippen molar-refractivity contribution in [2.24, 2.45) is 0 Å². The molecule has 24 heavy (non-hydrogen) atoms. The van der Waals surface area contributed by atoms with Gasteiger partial charge in [-0.2, -0.15) is 0 Å². The zero-order valence-electron chi connectivity index (χ0n) is 13.5. The van der Waals surface area contributed by atoms with Crippen LogP contribution in [0.1, 0.15) is 16.9 Å². The number of amides is 1. The summed E-state index contributed by atoms with van der Waals surface area (Å²) in [5, 5.41) is 5.51. The van der Waals surface area contributed by atoms with Crippen LogP contribution < -0.4 is 10.9 Å². The number of aryl methyl sites for hydroxylation is 2. The Kier molecular flexibility index (Phi) is 5.05. The Morgan fingerprint density at radius 3 is 2.96 bits per heavy atom. The molecule has 3 rings (SSSR count). The van der Waals surface area contributed by atoms with E-state index in [1.165, 1.54) is 15.8 Å². The van der Waals surface area contributed by atoms with E-state index in [0.717, 1.165) is 17.5 Å². The molecule has 124 valence electrons. The number of carbonyl (C=O) groups is 1. The molecule has 1 amide bonds. The topological polar surface area (TPSA) is 64.0 Å². The zero-order chi connectivity index (χ0) is 16.9. The van der Waals surface area contributed by atoms with Gasteiger partial charge in [-0.25, -0.2) is 4.98 Å². The van der Waals surface area contributed by atoms with Gasteiger partial charge in [-0.3, -0.25) is 14.2 Å². The number of benzene rings is 1. The summed E-state index contributed by atoms with van der Waals surface area (Å²) in [7, 11) is 0. The number of para-hydroxylation sites is 1. The SMILES string of the molecule is Cc1cccc2c(=O)n(CCC(=O)NCCc3cccs3)cnc12. The highest BCUT2D eigenvalue weighted by molar-refractivity contribution is 7.09. The highest BCUT2D eigenvalue weighted by Gasteiger charge is 2.07. The molecule has 6 heteroatoms. The molecular weight excluding hydrogens is 322 g/mol. The van der Waals surface area contributed by atoms with Gasteiger partial charge >= 0.3 is 0 Å². The number of hydrogen-bond acceptors (Lipinski definition) is 4. The lowest BCUT2D eigenvalue weighted by Gasteiger charge is -2.08. The molecule has 1 N–H and O–H groups in total. The molecule has 2 aromatic heterocycles. The molecule has 0 saturated heterocycles. The highest BCUT2D eigenvalue weighted by atomic mass is 32.1. The second kappa shape index (κ2) is 7.40.